The molecule has 1 heterocycles. The normalized spacial score (nSPS) is 10.3. The van der Waals surface area contributed by atoms with E-state index in [0.29, 0.717) is 5.69 Å². The van der Waals surface area contributed by atoms with Gasteiger partial charge in [0.25, 0.3) is 0 Å². The molecule has 0 aliphatic heterocycles. The number of nitrogens with one attached hydrogen (secondary N) is 2. The van der Waals surface area contributed by atoms with Crippen LogP contribution < -0.4 is 4.72 Å². The first-order valence-electron chi connectivity index (χ1n) is 7.96. The largest absolute Gasteiger partial charge is 0.494 e. The van der Waals surface area contributed by atoms with Gasteiger partial charge in [0, 0.05) is 16.6 Å². The van der Waals surface area contributed by atoms with Gasteiger partial charge in [-0.1, -0.05) is 66.7 Å². The number of H-pyrrole nitrogens is 1. The summed E-state index contributed by atoms with van der Waals surface area (Å²) in [5.74, 6) is 0.229. The van der Waals surface area contributed by atoms with Crippen LogP contribution >= 0.6 is 0 Å². The molecule has 0 unspecified atom stereocenters. The fourth-order valence-corrected chi connectivity index (χ4v) is 3.00. The number of fused-ring (bicyclic) bond motifs is 1. The summed E-state index contributed by atoms with van der Waals surface area (Å²) in [6.45, 7) is 0. The van der Waals surface area contributed by atoms with Crippen LogP contribution in [0.2, 0.25) is 0 Å². The first kappa shape index (κ1) is 17.6. The Kier molecular flexibility index (Phi) is 5.56. The van der Waals surface area contributed by atoms with Crippen molar-refractivity contribution in [3.05, 3.63) is 84.9 Å². The maximum Gasteiger partial charge on any atom is 0.222 e. The first-order chi connectivity index (χ1) is 12.6. The third-order valence-electron chi connectivity index (χ3n) is 3.74. The van der Waals surface area contributed by atoms with Crippen LogP contribution in [0.4, 0.5) is 5.69 Å². The van der Waals surface area contributed by atoms with Crippen molar-refractivity contribution in [2.75, 3.05) is 4.72 Å². The minimum Gasteiger partial charge on any atom is -0.494 e. The zero-order valence-electron chi connectivity index (χ0n) is 13.8. The van der Waals surface area contributed by atoms with Crippen molar-refractivity contribution < 1.29 is 13.5 Å². The van der Waals surface area contributed by atoms with Crippen LogP contribution in [0.5, 0.6) is 5.88 Å². The summed E-state index contributed by atoms with van der Waals surface area (Å²) in [6, 6.07) is 26.5. The van der Waals surface area contributed by atoms with Gasteiger partial charge >= 0.3 is 0 Å². The molecular weight excluding hydrogens is 348 g/mol. The van der Waals surface area contributed by atoms with Crippen LogP contribution in [0.15, 0.2) is 84.9 Å². The van der Waals surface area contributed by atoms with Gasteiger partial charge in [-0.2, -0.15) is 0 Å². The number of aromatic nitrogens is 1. The summed E-state index contributed by atoms with van der Waals surface area (Å²) in [4.78, 5) is 2.98. The number of benzene rings is 3. The maximum atomic E-state index is 10.1. The molecular formula is C20H18N2O3S. The Hall–Kier alpha value is -3.25. The molecule has 0 fully saturated rings. The lowest BCUT2D eigenvalue weighted by Crippen LogP contribution is -1.93. The lowest BCUT2D eigenvalue weighted by atomic mass is 10.0. The van der Waals surface area contributed by atoms with Crippen molar-refractivity contribution in [1.29, 1.82) is 0 Å². The Morgan fingerprint density at radius 1 is 0.769 bits per heavy atom. The van der Waals surface area contributed by atoms with Crippen LogP contribution in [0.25, 0.3) is 22.0 Å². The molecule has 0 atom stereocenters. The number of para-hydroxylation sites is 2. The second kappa shape index (κ2) is 8.22. The Balaban J connectivity index is 0.000000170. The van der Waals surface area contributed by atoms with E-state index < -0.39 is 10.9 Å². The molecule has 1 aromatic heterocycles. The van der Waals surface area contributed by atoms with E-state index in [4.69, 9.17) is 0 Å². The van der Waals surface area contributed by atoms with E-state index in [9.17, 15) is 13.5 Å². The van der Waals surface area contributed by atoms with Crippen molar-refractivity contribution in [3.8, 4) is 17.0 Å². The molecule has 0 saturated carbocycles. The molecule has 3 N–H and O–H groups in total. The highest BCUT2D eigenvalue weighted by atomic mass is 32.2. The topological polar surface area (TPSA) is 82.2 Å². The quantitative estimate of drug-likeness (QED) is 0.411. The van der Waals surface area contributed by atoms with Crippen molar-refractivity contribution in [3.63, 3.8) is 0 Å². The molecule has 0 amide bonds. The molecule has 0 aliphatic carbocycles. The highest BCUT2D eigenvalue weighted by molar-refractivity contribution is 7.73. The van der Waals surface area contributed by atoms with E-state index in [2.05, 4.69) is 9.71 Å². The molecule has 0 radical (unpaired) electrons. The predicted octanol–water partition coefficient (Wildman–Crippen LogP) is 4.17. The number of aromatic amines is 1. The number of aromatic hydroxyl groups is 1. The summed E-state index contributed by atoms with van der Waals surface area (Å²) in [5.41, 5.74) is 3.45. The van der Waals surface area contributed by atoms with E-state index in [1.54, 1.807) is 24.3 Å². The van der Waals surface area contributed by atoms with Crippen molar-refractivity contribution >= 4 is 27.5 Å². The third kappa shape index (κ3) is 4.23. The first-order valence-corrected chi connectivity index (χ1v) is 9.14. The van der Waals surface area contributed by atoms with Crippen LogP contribution in [0.3, 0.4) is 0 Å². The SMILES string of the molecule is O=[SH](=O)Nc1ccccc1.Oc1[nH]c2ccccc2c1-c1ccccc1. The lowest BCUT2D eigenvalue weighted by molar-refractivity contribution is 0.460. The summed E-state index contributed by atoms with van der Waals surface area (Å²) in [7, 11) is -2.53. The van der Waals surface area contributed by atoms with Gasteiger partial charge in [0.1, 0.15) is 0 Å². The second-order valence-corrected chi connectivity index (χ2v) is 6.23. The number of hydrogen-bond acceptors (Lipinski definition) is 3. The minimum absolute atomic E-state index is 0.229. The molecule has 0 aliphatic rings. The lowest BCUT2D eigenvalue weighted by Gasteiger charge is -1.99. The summed E-state index contributed by atoms with van der Waals surface area (Å²) < 4.78 is 22.4. The predicted molar refractivity (Wildman–Crippen MR) is 106 cm³/mol. The van der Waals surface area contributed by atoms with Gasteiger partial charge < -0.3 is 10.1 Å². The summed E-state index contributed by atoms with van der Waals surface area (Å²) in [6.07, 6.45) is 0. The van der Waals surface area contributed by atoms with Crippen LogP contribution in [0, 0.1) is 0 Å². The standard InChI is InChI=1S/C14H11NO.C6H7NO2S/c16-14-13(10-6-2-1-3-7-10)11-8-4-5-9-12(11)15-14;8-10(9)7-6-4-2-1-3-5-6/h1-9,15-16H;1-5,10H,(H,7,8,9). The average molecular weight is 366 g/mol. The second-order valence-electron chi connectivity index (χ2n) is 5.50. The third-order valence-corrected chi connectivity index (χ3v) is 4.18. The van der Waals surface area contributed by atoms with E-state index in [1.807, 2.05) is 60.7 Å². The molecule has 0 saturated heterocycles. The van der Waals surface area contributed by atoms with Gasteiger partial charge in [-0.3, -0.25) is 4.72 Å². The van der Waals surface area contributed by atoms with Gasteiger partial charge in [0.15, 0.2) is 5.88 Å². The molecule has 3 aromatic carbocycles. The highest BCUT2D eigenvalue weighted by Crippen LogP contribution is 2.35. The Labute approximate surface area is 153 Å². The number of thiol groups is 1. The smallest absolute Gasteiger partial charge is 0.222 e. The van der Waals surface area contributed by atoms with Gasteiger partial charge in [-0.15, -0.1) is 0 Å². The van der Waals surface area contributed by atoms with Gasteiger partial charge in [-0.05, 0) is 23.8 Å². The molecule has 4 rings (SSSR count). The zero-order chi connectivity index (χ0) is 18.4. The molecule has 0 spiro atoms. The van der Waals surface area contributed by atoms with Crippen molar-refractivity contribution in [2.24, 2.45) is 0 Å². The Morgan fingerprint density at radius 2 is 1.35 bits per heavy atom. The van der Waals surface area contributed by atoms with E-state index in [1.165, 1.54) is 0 Å². The number of anilines is 1. The van der Waals surface area contributed by atoms with Gasteiger partial charge in [-0.25, -0.2) is 8.42 Å². The highest BCUT2D eigenvalue weighted by Gasteiger charge is 2.11. The molecule has 4 aromatic rings. The molecule has 132 valence electrons. The summed E-state index contributed by atoms with van der Waals surface area (Å²) in [5, 5.41) is 11.0. The fourth-order valence-electron chi connectivity index (χ4n) is 2.64. The van der Waals surface area contributed by atoms with Crippen molar-refractivity contribution in [2.45, 2.75) is 0 Å². The van der Waals surface area contributed by atoms with E-state index >= 15 is 0 Å². The van der Waals surface area contributed by atoms with E-state index in [0.717, 1.165) is 22.0 Å². The Morgan fingerprint density at radius 3 is 2.00 bits per heavy atom. The van der Waals surface area contributed by atoms with Gasteiger partial charge in [0.2, 0.25) is 10.9 Å². The molecule has 26 heavy (non-hydrogen) atoms. The van der Waals surface area contributed by atoms with Crippen LogP contribution in [0.1, 0.15) is 0 Å². The van der Waals surface area contributed by atoms with Crippen molar-refractivity contribution in [1.82, 2.24) is 4.98 Å². The fraction of sp³-hybridized carbons (Fsp3) is 0. The average Bonchev–Trinajstić information content (AvgIpc) is 2.99. The molecule has 0 bridgehead atoms. The minimum atomic E-state index is -2.53. The number of rotatable bonds is 3. The van der Waals surface area contributed by atoms with Crippen LogP contribution in [-0.4, -0.2) is 18.5 Å². The zero-order valence-corrected chi connectivity index (χ0v) is 14.7. The monoisotopic (exact) mass is 366 g/mol. The number of hydrogen-bond donors (Lipinski definition) is 4. The Bertz CT molecular complexity index is 1050. The summed E-state index contributed by atoms with van der Waals surface area (Å²) >= 11 is 0. The maximum absolute atomic E-state index is 10.1. The van der Waals surface area contributed by atoms with Gasteiger partial charge in [0.05, 0.1) is 5.56 Å². The molecule has 5 nitrogen and oxygen atoms in total. The molecule has 6 heteroatoms. The van der Waals surface area contributed by atoms with Crippen LogP contribution in [-0.2, 0) is 10.9 Å². The van der Waals surface area contributed by atoms with E-state index in [-0.39, 0.29) is 5.88 Å².